The Balaban J connectivity index is 2.43. The minimum absolute atomic E-state index is 0.0680. The second-order valence-electron chi connectivity index (χ2n) is 4.51. The highest BCUT2D eigenvalue weighted by atomic mass is 127. The predicted molar refractivity (Wildman–Crippen MR) is 97.3 cm³/mol. The number of benzene rings is 2. The number of hydrogen-bond acceptors (Lipinski definition) is 1. The van der Waals surface area contributed by atoms with Crippen molar-refractivity contribution in [1.29, 1.82) is 0 Å². The lowest BCUT2D eigenvalue weighted by atomic mass is 10.0. The van der Waals surface area contributed by atoms with E-state index < -0.39 is 0 Å². The summed E-state index contributed by atoms with van der Waals surface area (Å²) in [7, 11) is 0. The first-order valence-electron chi connectivity index (χ1n) is 6.35. The Morgan fingerprint density at radius 2 is 2.00 bits per heavy atom. The van der Waals surface area contributed by atoms with Crippen molar-refractivity contribution in [3.8, 4) is 5.75 Å². The molecule has 2 aromatic carbocycles. The van der Waals surface area contributed by atoms with Gasteiger partial charge < -0.3 is 4.74 Å². The second kappa shape index (κ2) is 7.14. The van der Waals surface area contributed by atoms with Crippen LogP contribution in [-0.4, -0.2) is 6.61 Å². The van der Waals surface area contributed by atoms with E-state index in [2.05, 4.69) is 63.6 Å². The Morgan fingerprint density at radius 3 is 2.65 bits per heavy atom. The first-order valence-corrected chi connectivity index (χ1v) is 8.72. The molecule has 0 heterocycles. The van der Waals surface area contributed by atoms with E-state index in [0.29, 0.717) is 6.61 Å². The average molecular weight is 466 g/mol. The first-order chi connectivity index (χ1) is 9.52. The summed E-state index contributed by atoms with van der Waals surface area (Å²) in [5, 5.41) is 0.776. The van der Waals surface area contributed by atoms with Crippen LogP contribution in [0.15, 0.2) is 36.4 Å². The van der Waals surface area contributed by atoms with Gasteiger partial charge in [0.15, 0.2) is 0 Å². The van der Waals surface area contributed by atoms with E-state index in [9.17, 15) is 0 Å². The van der Waals surface area contributed by atoms with Gasteiger partial charge in [0.05, 0.1) is 16.5 Å². The van der Waals surface area contributed by atoms with Gasteiger partial charge in [0.2, 0.25) is 0 Å². The fourth-order valence-electron chi connectivity index (χ4n) is 2.00. The minimum atomic E-state index is 0.0680. The van der Waals surface area contributed by atoms with Crippen LogP contribution >= 0.6 is 50.1 Å². The Hall–Kier alpha value is -0.260. The van der Waals surface area contributed by atoms with E-state index in [4.69, 9.17) is 16.3 Å². The minimum Gasteiger partial charge on any atom is -0.494 e. The van der Waals surface area contributed by atoms with Crippen LogP contribution in [-0.2, 0) is 0 Å². The molecule has 0 aliphatic rings. The summed E-state index contributed by atoms with van der Waals surface area (Å²) in [4.78, 5) is 0.0680. The molecule has 0 N–H and O–H groups in total. The molecular weight excluding hydrogens is 450 g/mol. The van der Waals surface area contributed by atoms with Crippen LogP contribution in [0.25, 0.3) is 0 Å². The number of aryl methyl sites for hydroxylation is 1. The molecule has 0 aliphatic carbocycles. The van der Waals surface area contributed by atoms with Gasteiger partial charge in [0, 0.05) is 9.13 Å². The Morgan fingerprint density at radius 1 is 1.25 bits per heavy atom. The summed E-state index contributed by atoms with van der Waals surface area (Å²) in [6.45, 7) is 4.73. The maximum Gasteiger partial charge on any atom is 0.123 e. The molecule has 1 nitrogen and oxygen atoms in total. The van der Waals surface area contributed by atoms with E-state index in [1.807, 2.05) is 25.1 Å². The van der Waals surface area contributed by atoms with Crippen molar-refractivity contribution in [2.24, 2.45) is 0 Å². The van der Waals surface area contributed by atoms with Gasteiger partial charge in [-0.2, -0.15) is 0 Å². The van der Waals surface area contributed by atoms with Gasteiger partial charge in [-0.15, -0.1) is 0 Å². The van der Waals surface area contributed by atoms with Crippen molar-refractivity contribution in [3.63, 3.8) is 0 Å². The summed E-state index contributed by atoms with van der Waals surface area (Å²) < 4.78 is 6.78. The normalized spacial score (nSPS) is 12.2. The van der Waals surface area contributed by atoms with Crippen LogP contribution < -0.4 is 4.74 Å². The number of halogens is 3. The van der Waals surface area contributed by atoms with Crippen molar-refractivity contribution in [2.75, 3.05) is 6.61 Å². The van der Waals surface area contributed by atoms with Crippen LogP contribution in [0.4, 0.5) is 0 Å². The van der Waals surface area contributed by atoms with Gasteiger partial charge in [0.25, 0.3) is 0 Å². The largest absolute Gasteiger partial charge is 0.494 e. The number of hydrogen-bond donors (Lipinski definition) is 0. The van der Waals surface area contributed by atoms with E-state index in [1.165, 1.54) is 5.56 Å². The van der Waals surface area contributed by atoms with Gasteiger partial charge in [0.1, 0.15) is 5.75 Å². The molecule has 20 heavy (non-hydrogen) atoms. The fraction of sp³-hybridized carbons (Fsp3) is 0.250. The average Bonchev–Trinajstić information content (AvgIpc) is 2.43. The summed E-state index contributed by atoms with van der Waals surface area (Å²) in [5.74, 6) is 0.912. The molecule has 1 atom stereocenters. The zero-order chi connectivity index (χ0) is 14.7. The first kappa shape index (κ1) is 16.1. The molecule has 106 valence electrons. The summed E-state index contributed by atoms with van der Waals surface area (Å²) in [5.41, 5.74) is 3.47. The van der Waals surface area contributed by atoms with Crippen LogP contribution in [0.2, 0.25) is 5.02 Å². The molecule has 0 aliphatic heterocycles. The molecule has 0 bridgehead atoms. The third-order valence-corrected chi connectivity index (χ3v) is 5.57. The Labute approximate surface area is 146 Å². The Kier molecular flexibility index (Phi) is 5.75. The molecule has 0 radical (unpaired) electrons. The molecule has 1 unspecified atom stereocenters. The highest BCUT2D eigenvalue weighted by Crippen LogP contribution is 2.38. The van der Waals surface area contributed by atoms with Gasteiger partial charge in [-0.3, -0.25) is 0 Å². The molecule has 0 saturated carbocycles. The van der Waals surface area contributed by atoms with E-state index in [0.717, 1.165) is 25.5 Å². The van der Waals surface area contributed by atoms with Crippen LogP contribution in [0.5, 0.6) is 5.75 Å². The van der Waals surface area contributed by atoms with Gasteiger partial charge in [-0.1, -0.05) is 51.3 Å². The highest BCUT2D eigenvalue weighted by Gasteiger charge is 2.16. The standard InChI is InChI=1S/C16H15BrClIO/c1-3-20-15-7-4-10(2)8-12(15)16(17)11-5-6-14(19)13(18)9-11/h4-9,16H,3H2,1-2H3. The van der Waals surface area contributed by atoms with Crippen molar-refractivity contribution >= 4 is 50.1 Å². The lowest BCUT2D eigenvalue weighted by Gasteiger charge is -2.17. The third kappa shape index (κ3) is 3.68. The summed E-state index contributed by atoms with van der Waals surface area (Å²) >= 11 is 12.2. The summed E-state index contributed by atoms with van der Waals surface area (Å²) in [6.07, 6.45) is 0. The maximum atomic E-state index is 6.22. The quantitative estimate of drug-likeness (QED) is 0.390. The molecule has 4 heteroatoms. The van der Waals surface area contributed by atoms with E-state index in [1.54, 1.807) is 0 Å². The van der Waals surface area contributed by atoms with Crippen molar-refractivity contribution in [1.82, 2.24) is 0 Å². The van der Waals surface area contributed by atoms with Crippen molar-refractivity contribution < 1.29 is 4.74 Å². The monoisotopic (exact) mass is 464 g/mol. The summed E-state index contributed by atoms with van der Waals surface area (Å²) in [6, 6.07) is 12.4. The lowest BCUT2D eigenvalue weighted by Crippen LogP contribution is -2.00. The number of ether oxygens (including phenoxy) is 1. The maximum absolute atomic E-state index is 6.22. The van der Waals surface area contributed by atoms with Crippen LogP contribution in [0.1, 0.15) is 28.4 Å². The molecule has 2 rings (SSSR count). The van der Waals surface area contributed by atoms with Crippen LogP contribution in [0, 0.1) is 10.5 Å². The second-order valence-corrected chi connectivity index (χ2v) is 7.00. The predicted octanol–water partition coefficient (Wildman–Crippen LogP) is 6.14. The van der Waals surface area contributed by atoms with Gasteiger partial charge in [-0.25, -0.2) is 0 Å². The van der Waals surface area contributed by atoms with Gasteiger partial charge >= 0.3 is 0 Å². The zero-order valence-electron chi connectivity index (χ0n) is 11.3. The smallest absolute Gasteiger partial charge is 0.123 e. The fourth-order valence-corrected chi connectivity index (χ4v) is 3.17. The third-order valence-electron chi connectivity index (χ3n) is 2.97. The zero-order valence-corrected chi connectivity index (χ0v) is 15.8. The number of alkyl halides is 1. The topological polar surface area (TPSA) is 9.23 Å². The molecular formula is C16H15BrClIO. The molecule has 2 aromatic rings. The van der Waals surface area contributed by atoms with E-state index >= 15 is 0 Å². The van der Waals surface area contributed by atoms with Crippen molar-refractivity contribution in [2.45, 2.75) is 18.7 Å². The molecule has 0 saturated heterocycles. The van der Waals surface area contributed by atoms with E-state index in [-0.39, 0.29) is 4.83 Å². The van der Waals surface area contributed by atoms with Crippen molar-refractivity contribution in [3.05, 3.63) is 61.7 Å². The Bertz CT molecular complexity index is 615. The molecule has 0 amide bonds. The van der Waals surface area contributed by atoms with Crippen LogP contribution in [0.3, 0.4) is 0 Å². The lowest BCUT2D eigenvalue weighted by molar-refractivity contribution is 0.337. The highest BCUT2D eigenvalue weighted by molar-refractivity contribution is 14.1. The molecule has 0 aromatic heterocycles. The molecule has 0 spiro atoms. The molecule has 0 fully saturated rings. The number of rotatable bonds is 4. The van der Waals surface area contributed by atoms with Gasteiger partial charge in [-0.05, 0) is 60.2 Å². The SMILES string of the molecule is CCOc1ccc(C)cc1C(Br)c1ccc(I)c(Cl)c1.